The first-order valence-electron chi connectivity index (χ1n) is 7.90. The smallest absolute Gasteiger partial charge is 0.161 e. The SMILES string of the molecule is CCOc1cc(/C(=C/CC#N)c2ccc(NC)cc2)ccc1OC. The predicted molar refractivity (Wildman–Crippen MR) is 97.5 cm³/mol. The predicted octanol–water partition coefficient (Wildman–Crippen LogP) is 4.48. The Hall–Kier alpha value is -2.93. The van der Waals surface area contributed by atoms with Gasteiger partial charge in [-0.15, -0.1) is 0 Å². The number of benzene rings is 2. The average molecular weight is 322 g/mol. The van der Waals surface area contributed by atoms with Crippen LogP contribution in [-0.4, -0.2) is 20.8 Å². The van der Waals surface area contributed by atoms with E-state index < -0.39 is 0 Å². The van der Waals surface area contributed by atoms with Crippen molar-refractivity contribution in [3.8, 4) is 17.6 Å². The van der Waals surface area contributed by atoms with E-state index in [0.29, 0.717) is 24.5 Å². The molecule has 4 heteroatoms. The van der Waals surface area contributed by atoms with E-state index >= 15 is 0 Å². The average Bonchev–Trinajstić information content (AvgIpc) is 2.63. The number of nitrogens with one attached hydrogen (secondary N) is 1. The van der Waals surface area contributed by atoms with E-state index in [9.17, 15) is 0 Å². The second-order valence-electron chi connectivity index (χ2n) is 5.11. The zero-order valence-electron chi connectivity index (χ0n) is 14.3. The first-order valence-corrected chi connectivity index (χ1v) is 7.90. The number of rotatable bonds is 7. The molecule has 0 aliphatic heterocycles. The maximum Gasteiger partial charge on any atom is 0.161 e. The molecule has 0 saturated heterocycles. The van der Waals surface area contributed by atoms with Gasteiger partial charge in [0.05, 0.1) is 26.2 Å². The van der Waals surface area contributed by atoms with Crippen molar-refractivity contribution in [3.05, 3.63) is 59.7 Å². The Morgan fingerprint density at radius 1 is 1.12 bits per heavy atom. The highest BCUT2D eigenvalue weighted by molar-refractivity contribution is 5.81. The molecule has 124 valence electrons. The van der Waals surface area contributed by atoms with Gasteiger partial charge in [-0.2, -0.15) is 5.26 Å². The van der Waals surface area contributed by atoms with Gasteiger partial charge in [0.1, 0.15) is 0 Å². The van der Waals surface area contributed by atoms with E-state index in [1.807, 2.05) is 62.5 Å². The molecule has 0 aliphatic carbocycles. The molecular weight excluding hydrogens is 300 g/mol. The zero-order valence-corrected chi connectivity index (χ0v) is 14.3. The lowest BCUT2D eigenvalue weighted by atomic mass is 9.96. The summed E-state index contributed by atoms with van der Waals surface area (Å²) in [5, 5.41) is 12.1. The third kappa shape index (κ3) is 4.08. The van der Waals surface area contributed by atoms with Crippen molar-refractivity contribution in [1.29, 1.82) is 5.26 Å². The van der Waals surface area contributed by atoms with Gasteiger partial charge in [-0.25, -0.2) is 0 Å². The first kappa shape index (κ1) is 17.4. The number of anilines is 1. The number of nitriles is 1. The number of ether oxygens (including phenoxy) is 2. The minimum Gasteiger partial charge on any atom is -0.493 e. The van der Waals surface area contributed by atoms with E-state index in [1.165, 1.54) is 0 Å². The van der Waals surface area contributed by atoms with Crippen LogP contribution in [0.15, 0.2) is 48.5 Å². The Bertz CT molecular complexity index is 743. The Morgan fingerprint density at radius 2 is 1.83 bits per heavy atom. The summed E-state index contributed by atoms with van der Waals surface area (Å²) in [4.78, 5) is 0. The monoisotopic (exact) mass is 322 g/mol. The summed E-state index contributed by atoms with van der Waals surface area (Å²) in [5.41, 5.74) is 4.09. The summed E-state index contributed by atoms with van der Waals surface area (Å²) >= 11 is 0. The van der Waals surface area contributed by atoms with Crippen LogP contribution in [0.2, 0.25) is 0 Å². The fourth-order valence-corrected chi connectivity index (χ4v) is 2.48. The van der Waals surface area contributed by atoms with Crippen LogP contribution >= 0.6 is 0 Å². The fourth-order valence-electron chi connectivity index (χ4n) is 2.48. The maximum absolute atomic E-state index is 8.96. The molecule has 0 saturated carbocycles. The highest BCUT2D eigenvalue weighted by Crippen LogP contribution is 2.33. The van der Waals surface area contributed by atoms with Crippen LogP contribution in [0.3, 0.4) is 0 Å². The molecule has 0 radical (unpaired) electrons. The second kappa shape index (κ2) is 8.64. The van der Waals surface area contributed by atoms with E-state index in [-0.39, 0.29) is 0 Å². The highest BCUT2D eigenvalue weighted by Gasteiger charge is 2.10. The van der Waals surface area contributed by atoms with Crippen molar-refractivity contribution in [2.24, 2.45) is 0 Å². The molecule has 4 nitrogen and oxygen atoms in total. The normalized spacial score (nSPS) is 10.8. The van der Waals surface area contributed by atoms with Gasteiger partial charge in [-0.05, 0) is 47.9 Å². The van der Waals surface area contributed by atoms with Crippen LogP contribution < -0.4 is 14.8 Å². The molecule has 0 atom stereocenters. The molecule has 0 unspecified atom stereocenters. The second-order valence-corrected chi connectivity index (χ2v) is 5.11. The summed E-state index contributed by atoms with van der Waals surface area (Å²) in [5.74, 6) is 1.40. The van der Waals surface area contributed by atoms with Crippen molar-refractivity contribution in [2.45, 2.75) is 13.3 Å². The number of nitrogens with zero attached hydrogens (tertiary/aromatic N) is 1. The molecule has 0 spiro atoms. The van der Waals surface area contributed by atoms with Gasteiger partial charge in [0.2, 0.25) is 0 Å². The number of allylic oxidation sites excluding steroid dienone is 1. The Kier molecular flexibility index (Phi) is 6.27. The van der Waals surface area contributed by atoms with Crippen LogP contribution in [0.5, 0.6) is 11.5 Å². The van der Waals surface area contributed by atoms with Gasteiger partial charge >= 0.3 is 0 Å². The van der Waals surface area contributed by atoms with Gasteiger partial charge < -0.3 is 14.8 Å². The molecule has 2 aromatic carbocycles. The lowest BCUT2D eigenvalue weighted by molar-refractivity contribution is 0.311. The standard InChI is InChI=1S/C20H22N2O2/c1-4-24-20-14-16(9-12-19(20)23-3)18(6-5-13-21)15-7-10-17(22-2)11-8-15/h6-12,14,22H,4-5H2,1-3H3/b18-6+. The van der Waals surface area contributed by atoms with Gasteiger partial charge in [-0.1, -0.05) is 24.3 Å². The van der Waals surface area contributed by atoms with Crippen molar-refractivity contribution in [1.82, 2.24) is 0 Å². The molecule has 0 aliphatic rings. The summed E-state index contributed by atoms with van der Waals surface area (Å²) in [6, 6.07) is 16.1. The molecule has 1 N–H and O–H groups in total. The first-order chi connectivity index (χ1) is 11.7. The largest absolute Gasteiger partial charge is 0.493 e. The van der Waals surface area contributed by atoms with Gasteiger partial charge in [-0.3, -0.25) is 0 Å². The van der Waals surface area contributed by atoms with Crippen molar-refractivity contribution in [2.75, 3.05) is 26.1 Å². The number of hydrogen-bond donors (Lipinski definition) is 1. The van der Waals surface area contributed by atoms with E-state index in [0.717, 1.165) is 22.4 Å². The van der Waals surface area contributed by atoms with E-state index in [4.69, 9.17) is 14.7 Å². The van der Waals surface area contributed by atoms with Crippen LogP contribution in [0, 0.1) is 11.3 Å². The minimum absolute atomic E-state index is 0.346. The molecule has 0 bridgehead atoms. The summed E-state index contributed by atoms with van der Waals surface area (Å²) < 4.78 is 11.0. The Balaban J connectivity index is 2.48. The van der Waals surface area contributed by atoms with Crippen molar-refractivity contribution >= 4 is 11.3 Å². The zero-order chi connectivity index (χ0) is 17.4. The Morgan fingerprint density at radius 3 is 2.42 bits per heavy atom. The molecular formula is C20H22N2O2. The van der Waals surface area contributed by atoms with Crippen molar-refractivity contribution < 1.29 is 9.47 Å². The molecule has 2 rings (SSSR count). The summed E-state index contributed by atoms with van der Waals surface area (Å²) in [6.45, 7) is 2.50. The van der Waals surface area contributed by atoms with E-state index in [2.05, 4.69) is 11.4 Å². The van der Waals surface area contributed by atoms with Crippen LogP contribution in [0.4, 0.5) is 5.69 Å². The Labute approximate surface area is 143 Å². The third-order valence-corrected chi connectivity index (χ3v) is 3.66. The lowest BCUT2D eigenvalue weighted by Crippen LogP contribution is -1.97. The molecule has 0 aromatic heterocycles. The van der Waals surface area contributed by atoms with Crippen LogP contribution in [0.25, 0.3) is 5.57 Å². The summed E-state index contributed by atoms with van der Waals surface area (Å²) in [6.07, 6.45) is 2.28. The highest BCUT2D eigenvalue weighted by atomic mass is 16.5. The topological polar surface area (TPSA) is 54.3 Å². The fraction of sp³-hybridized carbons (Fsp3) is 0.250. The molecule has 0 heterocycles. The quantitative estimate of drug-likeness (QED) is 0.816. The molecule has 0 amide bonds. The summed E-state index contributed by atoms with van der Waals surface area (Å²) in [7, 11) is 3.51. The third-order valence-electron chi connectivity index (χ3n) is 3.66. The van der Waals surface area contributed by atoms with Gasteiger partial charge in [0.25, 0.3) is 0 Å². The maximum atomic E-state index is 8.96. The van der Waals surface area contributed by atoms with E-state index in [1.54, 1.807) is 7.11 Å². The molecule has 24 heavy (non-hydrogen) atoms. The lowest BCUT2D eigenvalue weighted by Gasteiger charge is -2.14. The minimum atomic E-state index is 0.346. The number of hydrogen-bond acceptors (Lipinski definition) is 4. The van der Waals surface area contributed by atoms with Crippen LogP contribution in [-0.2, 0) is 0 Å². The van der Waals surface area contributed by atoms with Crippen LogP contribution in [0.1, 0.15) is 24.5 Å². The van der Waals surface area contributed by atoms with Crippen molar-refractivity contribution in [3.63, 3.8) is 0 Å². The number of methoxy groups -OCH3 is 1. The van der Waals surface area contributed by atoms with Gasteiger partial charge in [0.15, 0.2) is 11.5 Å². The van der Waals surface area contributed by atoms with Gasteiger partial charge in [0, 0.05) is 12.7 Å². The molecule has 2 aromatic rings. The molecule has 0 fully saturated rings.